The molecule has 1 N–H and O–H groups in total. The molecule has 0 aliphatic carbocycles. The highest BCUT2D eigenvalue weighted by molar-refractivity contribution is 5.93. The topological polar surface area (TPSA) is 111 Å². The van der Waals surface area contributed by atoms with E-state index in [0.717, 1.165) is 0 Å². The first-order valence-electron chi connectivity index (χ1n) is 7.26. The Kier molecular flexibility index (Phi) is 5.35. The number of likely N-dealkylation sites (N-methyl/N-ethyl adjacent to an activating group) is 1. The zero-order valence-electron chi connectivity index (χ0n) is 13.6. The van der Waals surface area contributed by atoms with E-state index < -0.39 is 4.92 Å². The second kappa shape index (κ2) is 7.44. The quantitative estimate of drug-likeness (QED) is 0.611. The Morgan fingerprint density at radius 2 is 2.21 bits per heavy atom. The molecule has 0 saturated carbocycles. The highest BCUT2D eigenvalue weighted by atomic mass is 16.6. The first-order chi connectivity index (χ1) is 11.4. The summed E-state index contributed by atoms with van der Waals surface area (Å²) < 4.78 is 10.2. The first kappa shape index (κ1) is 17.3. The van der Waals surface area contributed by atoms with E-state index in [2.05, 4.69) is 10.5 Å². The van der Waals surface area contributed by atoms with Crippen LogP contribution in [0.4, 0.5) is 17.2 Å². The van der Waals surface area contributed by atoms with Crippen molar-refractivity contribution in [3.8, 4) is 5.75 Å². The minimum Gasteiger partial charge on any atom is -0.487 e. The maximum Gasteiger partial charge on any atom is 0.311 e. The Labute approximate surface area is 138 Å². The summed E-state index contributed by atoms with van der Waals surface area (Å²) >= 11 is 0. The lowest BCUT2D eigenvalue weighted by Crippen LogP contribution is -2.30. The van der Waals surface area contributed by atoms with E-state index in [0.29, 0.717) is 23.9 Å². The molecule has 2 rings (SSSR count). The van der Waals surface area contributed by atoms with Gasteiger partial charge in [0.2, 0.25) is 5.91 Å². The van der Waals surface area contributed by atoms with E-state index in [-0.39, 0.29) is 23.9 Å². The Bertz CT molecular complexity index is 743. The summed E-state index contributed by atoms with van der Waals surface area (Å²) in [7, 11) is 1.70. The van der Waals surface area contributed by atoms with Crippen molar-refractivity contribution in [3.05, 3.63) is 40.1 Å². The number of nitro benzene ring substituents is 1. The molecule has 0 bridgehead atoms. The van der Waals surface area contributed by atoms with Crippen molar-refractivity contribution in [2.75, 3.05) is 30.4 Å². The molecular formula is C15H18N4O5. The van der Waals surface area contributed by atoms with Gasteiger partial charge in [-0.25, -0.2) is 0 Å². The molecule has 1 aromatic heterocycles. The van der Waals surface area contributed by atoms with Crippen LogP contribution >= 0.6 is 0 Å². The first-order valence-corrected chi connectivity index (χ1v) is 7.26. The van der Waals surface area contributed by atoms with Crippen LogP contribution in [0.15, 0.2) is 28.8 Å². The van der Waals surface area contributed by atoms with Gasteiger partial charge in [0, 0.05) is 30.9 Å². The maximum atomic E-state index is 12.0. The molecule has 0 saturated heterocycles. The van der Waals surface area contributed by atoms with Gasteiger partial charge in [0.25, 0.3) is 0 Å². The van der Waals surface area contributed by atoms with Gasteiger partial charge < -0.3 is 19.5 Å². The molecule has 0 fully saturated rings. The van der Waals surface area contributed by atoms with Gasteiger partial charge in [-0.15, -0.1) is 0 Å². The molecule has 9 nitrogen and oxygen atoms in total. The van der Waals surface area contributed by atoms with Crippen LogP contribution in [0, 0.1) is 17.0 Å². The van der Waals surface area contributed by atoms with Crippen molar-refractivity contribution in [1.29, 1.82) is 0 Å². The standard InChI is InChI=1S/C15H18N4O5/c1-4-23-13-8-11(5-6-12(13)19(21)22)18(3)9-15(20)16-14-7-10(2)24-17-14/h5-8H,4,9H2,1-3H3,(H,16,17,20). The summed E-state index contributed by atoms with van der Waals surface area (Å²) in [4.78, 5) is 24.2. The number of nitro groups is 1. The van der Waals surface area contributed by atoms with Gasteiger partial charge in [0.1, 0.15) is 5.76 Å². The van der Waals surface area contributed by atoms with Crippen molar-refractivity contribution in [2.24, 2.45) is 0 Å². The lowest BCUT2D eigenvalue weighted by atomic mass is 10.2. The Morgan fingerprint density at radius 3 is 2.79 bits per heavy atom. The lowest BCUT2D eigenvalue weighted by molar-refractivity contribution is -0.385. The van der Waals surface area contributed by atoms with E-state index >= 15 is 0 Å². The fourth-order valence-corrected chi connectivity index (χ4v) is 2.08. The molecule has 1 aromatic carbocycles. The maximum absolute atomic E-state index is 12.0. The fourth-order valence-electron chi connectivity index (χ4n) is 2.08. The van der Waals surface area contributed by atoms with Gasteiger partial charge in [-0.05, 0) is 19.9 Å². The number of hydrogen-bond acceptors (Lipinski definition) is 7. The van der Waals surface area contributed by atoms with E-state index in [9.17, 15) is 14.9 Å². The van der Waals surface area contributed by atoms with Gasteiger partial charge >= 0.3 is 5.69 Å². The highest BCUT2D eigenvalue weighted by Gasteiger charge is 2.17. The molecule has 0 aliphatic heterocycles. The van der Waals surface area contributed by atoms with Crippen LogP contribution in [-0.4, -0.2) is 36.2 Å². The number of ether oxygens (including phenoxy) is 1. The number of hydrogen-bond donors (Lipinski definition) is 1. The number of rotatable bonds is 7. The molecule has 128 valence electrons. The number of aromatic nitrogens is 1. The predicted octanol–water partition coefficient (Wildman–Crippen LogP) is 2.36. The molecule has 0 atom stereocenters. The summed E-state index contributed by atoms with van der Waals surface area (Å²) in [5.74, 6) is 0.807. The molecule has 24 heavy (non-hydrogen) atoms. The number of anilines is 2. The van der Waals surface area contributed by atoms with Crippen molar-refractivity contribution in [3.63, 3.8) is 0 Å². The van der Waals surface area contributed by atoms with Crippen molar-refractivity contribution in [2.45, 2.75) is 13.8 Å². The predicted molar refractivity (Wildman–Crippen MR) is 87.4 cm³/mol. The number of amides is 1. The highest BCUT2D eigenvalue weighted by Crippen LogP contribution is 2.31. The third-order valence-electron chi connectivity index (χ3n) is 3.16. The molecule has 1 amide bonds. The number of carbonyl (C=O) groups is 1. The second-order valence-corrected chi connectivity index (χ2v) is 5.07. The summed E-state index contributed by atoms with van der Waals surface area (Å²) in [5, 5.41) is 17.3. The number of aryl methyl sites for hydroxylation is 1. The summed E-state index contributed by atoms with van der Waals surface area (Å²) in [6.07, 6.45) is 0. The van der Waals surface area contributed by atoms with Gasteiger partial charge in [-0.3, -0.25) is 14.9 Å². The zero-order valence-corrected chi connectivity index (χ0v) is 13.6. The third kappa shape index (κ3) is 4.22. The van der Waals surface area contributed by atoms with Crippen LogP contribution in [0.5, 0.6) is 5.75 Å². The normalized spacial score (nSPS) is 10.3. The molecule has 9 heteroatoms. The number of benzene rings is 1. The smallest absolute Gasteiger partial charge is 0.311 e. The van der Waals surface area contributed by atoms with Crippen molar-refractivity contribution < 1.29 is 19.0 Å². The van der Waals surface area contributed by atoms with Crippen LogP contribution in [0.1, 0.15) is 12.7 Å². The van der Waals surface area contributed by atoms with E-state index in [1.807, 2.05) is 0 Å². The van der Waals surface area contributed by atoms with Gasteiger partial charge in [0.05, 0.1) is 18.1 Å². The molecule has 0 aliphatic rings. The van der Waals surface area contributed by atoms with E-state index in [1.54, 1.807) is 37.9 Å². The SMILES string of the molecule is CCOc1cc(N(C)CC(=O)Nc2cc(C)on2)ccc1[N+](=O)[O-]. The molecule has 1 heterocycles. The summed E-state index contributed by atoms with van der Waals surface area (Å²) in [5.41, 5.74) is 0.507. The monoisotopic (exact) mass is 334 g/mol. The third-order valence-corrected chi connectivity index (χ3v) is 3.16. The summed E-state index contributed by atoms with van der Waals surface area (Å²) in [6.45, 7) is 3.81. The molecule has 0 unspecified atom stereocenters. The van der Waals surface area contributed by atoms with Crippen molar-refractivity contribution in [1.82, 2.24) is 5.16 Å². The average Bonchev–Trinajstić information content (AvgIpc) is 2.92. The Balaban J connectivity index is 2.08. The molecular weight excluding hydrogens is 316 g/mol. The largest absolute Gasteiger partial charge is 0.487 e. The van der Waals surface area contributed by atoms with Gasteiger partial charge in [-0.1, -0.05) is 5.16 Å². The number of nitrogens with one attached hydrogen (secondary N) is 1. The van der Waals surface area contributed by atoms with Gasteiger partial charge in [0.15, 0.2) is 11.6 Å². The van der Waals surface area contributed by atoms with Crippen LogP contribution in [-0.2, 0) is 4.79 Å². The molecule has 0 spiro atoms. The second-order valence-electron chi connectivity index (χ2n) is 5.07. The lowest BCUT2D eigenvalue weighted by Gasteiger charge is -2.19. The average molecular weight is 334 g/mol. The van der Waals surface area contributed by atoms with Crippen LogP contribution in [0.2, 0.25) is 0 Å². The van der Waals surface area contributed by atoms with E-state index in [1.165, 1.54) is 12.1 Å². The number of nitrogens with zero attached hydrogens (tertiary/aromatic N) is 3. The van der Waals surface area contributed by atoms with Crippen LogP contribution in [0.3, 0.4) is 0 Å². The van der Waals surface area contributed by atoms with E-state index in [4.69, 9.17) is 9.26 Å². The molecule has 0 radical (unpaired) electrons. The number of carbonyl (C=O) groups excluding carboxylic acids is 1. The Hall–Kier alpha value is -3.10. The van der Waals surface area contributed by atoms with Crippen molar-refractivity contribution >= 4 is 23.1 Å². The summed E-state index contributed by atoms with van der Waals surface area (Å²) in [6, 6.07) is 6.07. The molecule has 2 aromatic rings. The minimum absolute atomic E-state index is 0.0370. The van der Waals surface area contributed by atoms with Crippen LogP contribution in [0.25, 0.3) is 0 Å². The Morgan fingerprint density at radius 1 is 1.46 bits per heavy atom. The van der Waals surface area contributed by atoms with Gasteiger partial charge in [-0.2, -0.15) is 0 Å². The minimum atomic E-state index is -0.506. The van der Waals surface area contributed by atoms with Crippen LogP contribution < -0.4 is 15.0 Å². The zero-order chi connectivity index (χ0) is 17.7. The fraction of sp³-hybridized carbons (Fsp3) is 0.333.